The lowest BCUT2D eigenvalue weighted by Crippen LogP contribution is -2.31. The highest BCUT2D eigenvalue weighted by Crippen LogP contribution is 2.47. The average molecular weight is 496 g/mol. The third-order valence-electron chi connectivity index (χ3n) is 6.24. The monoisotopic (exact) mass is 495 g/mol. The minimum Gasteiger partial charge on any atom is -0.493 e. The van der Waals surface area contributed by atoms with Crippen LogP contribution in [0.15, 0.2) is 63.0 Å². The van der Waals surface area contributed by atoms with Crippen molar-refractivity contribution < 1.29 is 14.3 Å². The van der Waals surface area contributed by atoms with Crippen molar-refractivity contribution in [2.75, 3.05) is 19.5 Å². The van der Waals surface area contributed by atoms with Crippen molar-refractivity contribution in [1.29, 1.82) is 0 Å². The van der Waals surface area contributed by atoms with E-state index in [0.29, 0.717) is 41.3 Å². The summed E-state index contributed by atoms with van der Waals surface area (Å²) in [6, 6.07) is 13.5. The van der Waals surface area contributed by atoms with Crippen LogP contribution in [0.2, 0.25) is 0 Å². The molecule has 1 aliphatic carbocycles. The molecule has 7 nitrogen and oxygen atoms in total. The number of hydrogen-bond acceptors (Lipinski definition) is 5. The highest BCUT2D eigenvalue weighted by molar-refractivity contribution is 9.10. The first kappa shape index (κ1) is 20.6. The Labute approximate surface area is 192 Å². The van der Waals surface area contributed by atoms with Gasteiger partial charge in [-0.1, -0.05) is 34.1 Å². The van der Waals surface area contributed by atoms with Crippen LogP contribution in [0.25, 0.3) is 0 Å². The molecule has 0 spiro atoms. The Hall–Kier alpha value is -3.26. The van der Waals surface area contributed by atoms with E-state index in [-0.39, 0.29) is 17.3 Å². The zero-order chi connectivity index (χ0) is 22.4. The number of benzene rings is 2. The number of carbonyl (C=O) groups excluding carboxylic acids is 1. The molecule has 0 amide bonds. The number of ketones is 1. The summed E-state index contributed by atoms with van der Waals surface area (Å²) >= 11 is 3.51. The van der Waals surface area contributed by atoms with E-state index in [1.54, 1.807) is 14.2 Å². The Kier molecular flexibility index (Phi) is 5.17. The fourth-order valence-electron chi connectivity index (χ4n) is 4.78. The van der Waals surface area contributed by atoms with Crippen LogP contribution < -0.4 is 20.3 Å². The summed E-state index contributed by atoms with van der Waals surface area (Å²) in [5.74, 6) is 1.50. The molecule has 2 aromatic carbocycles. The third-order valence-corrected chi connectivity index (χ3v) is 6.73. The molecule has 2 unspecified atom stereocenters. The van der Waals surface area contributed by atoms with E-state index in [1.807, 2.05) is 42.5 Å². The van der Waals surface area contributed by atoms with Gasteiger partial charge in [-0.25, -0.2) is 0 Å². The van der Waals surface area contributed by atoms with Crippen LogP contribution in [-0.4, -0.2) is 30.2 Å². The first-order chi connectivity index (χ1) is 15.5. The summed E-state index contributed by atoms with van der Waals surface area (Å²) < 4.78 is 11.7. The van der Waals surface area contributed by atoms with Gasteiger partial charge in [0.05, 0.1) is 19.8 Å². The number of H-pyrrole nitrogens is 2. The Morgan fingerprint density at radius 3 is 2.50 bits per heavy atom. The normalized spacial score (nSPS) is 19.8. The molecule has 0 saturated carbocycles. The van der Waals surface area contributed by atoms with Crippen molar-refractivity contribution in [3.63, 3.8) is 0 Å². The van der Waals surface area contributed by atoms with Crippen LogP contribution in [-0.2, 0) is 4.79 Å². The second-order valence-corrected chi connectivity index (χ2v) is 8.93. The predicted molar refractivity (Wildman–Crippen MR) is 125 cm³/mol. The number of hydrogen-bond donors (Lipinski definition) is 3. The summed E-state index contributed by atoms with van der Waals surface area (Å²) in [6.45, 7) is 0. The molecule has 1 aliphatic heterocycles. The highest BCUT2D eigenvalue weighted by atomic mass is 79.9. The molecule has 3 N–H and O–H groups in total. The lowest BCUT2D eigenvalue weighted by atomic mass is 9.73. The van der Waals surface area contributed by atoms with Crippen molar-refractivity contribution in [2.24, 2.45) is 0 Å². The lowest BCUT2D eigenvalue weighted by molar-refractivity contribution is -0.116. The topological polar surface area (TPSA) is 96.2 Å². The third kappa shape index (κ3) is 3.35. The van der Waals surface area contributed by atoms with Crippen LogP contribution in [0.4, 0.5) is 5.82 Å². The molecule has 3 aromatic rings. The quantitative estimate of drug-likeness (QED) is 0.497. The number of aromatic nitrogens is 2. The molecule has 0 radical (unpaired) electrons. The Balaban J connectivity index is 1.59. The minimum absolute atomic E-state index is 0.0103. The summed E-state index contributed by atoms with van der Waals surface area (Å²) in [4.78, 5) is 26.1. The number of carbonyl (C=O) groups is 1. The standard InChI is InChI=1S/C24H22BrN3O4/c1-31-18-7-6-12(11-19(18)32-2)14-9-16-21(17(29)10-14)20(13-4-3-5-15(25)8-13)22-23(26-16)27-28-24(22)30/h3-8,11,14,20H,9-10H2,1-2H3,(H3,26,27,28,30). The molecule has 0 saturated heterocycles. The molecule has 0 fully saturated rings. The fourth-order valence-corrected chi connectivity index (χ4v) is 5.20. The number of allylic oxidation sites excluding steroid dienone is 2. The van der Waals surface area contributed by atoms with Gasteiger partial charge in [-0.15, -0.1) is 0 Å². The fraction of sp³-hybridized carbons (Fsp3) is 0.250. The first-order valence-corrected chi connectivity index (χ1v) is 11.1. The van der Waals surface area contributed by atoms with E-state index < -0.39 is 5.92 Å². The summed E-state index contributed by atoms with van der Waals surface area (Å²) in [5, 5.41) is 8.92. The second kappa shape index (κ2) is 8.02. The van der Waals surface area contributed by atoms with Crippen LogP contribution in [0.5, 0.6) is 11.5 Å². The summed E-state index contributed by atoms with van der Waals surface area (Å²) in [6.07, 6.45) is 1.01. The second-order valence-electron chi connectivity index (χ2n) is 8.02. The molecule has 0 bridgehead atoms. The van der Waals surface area contributed by atoms with E-state index in [4.69, 9.17) is 9.47 Å². The molecule has 1 aromatic heterocycles. The van der Waals surface area contributed by atoms with Gasteiger partial charge in [0, 0.05) is 28.1 Å². The zero-order valence-corrected chi connectivity index (χ0v) is 19.2. The van der Waals surface area contributed by atoms with Gasteiger partial charge in [-0.3, -0.25) is 19.8 Å². The van der Waals surface area contributed by atoms with Crippen LogP contribution >= 0.6 is 15.9 Å². The number of rotatable bonds is 4. The molecule has 2 heterocycles. The molecule has 164 valence electrons. The maximum atomic E-state index is 13.5. The number of methoxy groups -OCH3 is 2. The van der Waals surface area contributed by atoms with Gasteiger partial charge >= 0.3 is 0 Å². The maximum Gasteiger partial charge on any atom is 0.270 e. The van der Waals surface area contributed by atoms with Gasteiger partial charge in [-0.05, 0) is 47.7 Å². The molecule has 32 heavy (non-hydrogen) atoms. The Bertz CT molecular complexity index is 1310. The summed E-state index contributed by atoms with van der Waals surface area (Å²) in [5.41, 5.74) is 3.74. The van der Waals surface area contributed by atoms with Crippen molar-refractivity contribution in [2.45, 2.75) is 24.7 Å². The number of anilines is 1. The smallest absolute Gasteiger partial charge is 0.270 e. The van der Waals surface area contributed by atoms with Gasteiger partial charge in [0.2, 0.25) is 0 Å². The molecule has 8 heteroatoms. The number of aromatic amines is 2. The van der Waals surface area contributed by atoms with Gasteiger partial charge in [-0.2, -0.15) is 0 Å². The van der Waals surface area contributed by atoms with Gasteiger partial charge < -0.3 is 14.8 Å². The van der Waals surface area contributed by atoms with Gasteiger partial charge in [0.15, 0.2) is 17.3 Å². The van der Waals surface area contributed by atoms with E-state index >= 15 is 0 Å². The van der Waals surface area contributed by atoms with E-state index in [2.05, 4.69) is 31.4 Å². The van der Waals surface area contributed by atoms with E-state index in [9.17, 15) is 9.59 Å². The molecule has 5 rings (SSSR count). The molecular weight excluding hydrogens is 474 g/mol. The average Bonchev–Trinajstić information content (AvgIpc) is 3.17. The van der Waals surface area contributed by atoms with Crippen molar-refractivity contribution in [1.82, 2.24) is 10.2 Å². The molecule has 2 aliphatic rings. The van der Waals surface area contributed by atoms with Crippen molar-refractivity contribution in [3.05, 3.63) is 85.3 Å². The van der Waals surface area contributed by atoms with Crippen LogP contribution in [0.1, 0.15) is 41.4 Å². The maximum absolute atomic E-state index is 13.5. The first-order valence-electron chi connectivity index (χ1n) is 10.3. The molecular formula is C24H22BrN3O4. The number of fused-ring (bicyclic) bond motifs is 1. The summed E-state index contributed by atoms with van der Waals surface area (Å²) in [7, 11) is 3.20. The van der Waals surface area contributed by atoms with Crippen LogP contribution in [0.3, 0.4) is 0 Å². The predicted octanol–water partition coefficient (Wildman–Crippen LogP) is 4.44. The van der Waals surface area contributed by atoms with Crippen molar-refractivity contribution in [3.8, 4) is 11.5 Å². The largest absolute Gasteiger partial charge is 0.493 e. The Morgan fingerprint density at radius 2 is 1.75 bits per heavy atom. The number of Topliss-reactive ketones (excluding diaryl/α,β-unsaturated/α-hetero) is 1. The van der Waals surface area contributed by atoms with Crippen LogP contribution in [0, 0.1) is 0 Å². The van der Waals surface area contributed by atoms with Gasteiger partial charge in [0.25, 0.3) is 5.56 Å². The van der Waals surface area contributed by atoms with Gasteiger partial charge in [0.1, 0.15) is 5.82 Å². The lowest BCUT2D eigenvalue weighted by Gasteiger charge is -2.34. The highest BCUT2D eigenvalue weighted by Gasteiger charge is 2.40. The van der Waals surface area contributed by atoms with Crippen molar-refractivity contribution >= 4 is 27.5 Å². The SMILES string of the molecule is COc1ccc(C2CC(=O)C3=C(C2)Nc2[nH][nH]c(=O)c2C3c2cccc(Br)c2)cc1OC. The Morgan fingerprint density at radius 1 is 0.938 bits per heavy atom. The molecule has 2 atom stereocenters. The number of ether oxygens (including phenoxy) is 2. The van der Waals surface area contributed by atoms with E-state index in [0.717, 1.165) is 21.3 Å². The van der Waals surface area contributed by atoms with E-state index in [1.165, 1.54) is 0 Å². The number of halogens is 1. The minimum atomic E-state index is -0.424. The number of nitrogens with one attached hydrogen (secondary N) is 3. The zero-order valence-electron chi connectivity index (χ0n) is 17.6.